The Kier molecular flexibility index (Phi) is 7.80. The monoisotopic (exact) mass is 550 g/mol. The SMILES string of the molecule is C[C@@H]1C[C@@H](O)c2ncnc(N3CCN(C(=O)C(CN4CCN(C)CC4)c4ccc(C(F)(F)F)c(F)c4)CC3)c21. The number of benzene rings is 1. The molecule has 3 atom stereocenters. The van der Waals surface area contributed by atoms with Crippen LogP contribution in [-0.4, -0.2) is 102 Å². The van der Waals surface area contributed by atoms with Gasteiger partial charge in [-0.2, -0.15) is 13.2 Å². The van der Waals surface area contributed by atoms with Crippen molar-refractivity contribution in [2.24, 2.45) is 0 Å². The largest absolute Gasteiger partial charge is 0.419 e. The van der Waals surface area contributed by atoms with Crippen LogP contribution in [0, 0.1) is 5.82 Å². The van der Waals surface area contributed by atoms with Crippen molar-refractivity contribution in [2.45, 2.75) is 37.5 Å². The van der Waals surface area contributed by atoms with Gasteiger partial charge in [-0.1, -0.05) is 13.0 Å². The maximum atomic E-state index is 14.5. The molecule has 1 aliphatic carbocycles. The molecule has 1 aromatic heterocycles. The maximum absolute atomic E-state index is 14.5. The van der Waals surface area contributed by atoms with Gasteiger partial charge in [-0.3, -0.25) is 9.69 Å². The Morgan fingerprint density at radius 3 is 2.41 bits per heavy atom. The number of hydrogen-bond acceptors (Lipinski definition) is 7. The van der Waals surface area contributed by atoms with Gasteiger partial charge in [0.15, 0.2) is 0 Å². The molecule has 8 nitrogen and oxygen atoms in total. The minimum Gasteiger partial charge on any atom is -0.387 e. The summed E-state index contributed by atoms with van der Waals surface area (Å²) in [5.41, 5.74) is 0.520. The summed E-state index contributed by atoms with van der Waals surface area (Å²) in [5, 5.41) is 10.3. The van der Waals surface area contributed by atoms with Crippen molar-refractivity contribution in [1.82, 2.24) is 24.7 Å². The summed E-state index contributed by atoms with van der Waals surface area (Å²) in [6.07, 6.45) is -3.36. The van der Waals surface area contributed by atoms with Gasteiger partial charge in [0, 0.05) is 64.5 Å². The average molecular weight is 551 g/mol. The van der Waals surface area contributed by atoms with Gasteiger partial charge in [0.1, 0.15) is 18.0 Å². The van der Waals surface area contributed by atoms with Crippen LogP contribution in [0.4, 0.5) is 23.4 Å². The van der Waals surface area contributed by atoms with E-state index in [1.807, 2.05) is 14.0 Å². The Labute approximate surface area is 225 Å². The smallest absolute Gasteiger partial charge is 0.387 e. The highest BCUT2D eigenvalue weighted by atomic mass is 19.4. The molecular weight excluding hydrogens is 516 g/mol. The lowest BCUT2D eigenvalue weighted by atomic mass is 9.94. The Bertz CT molecular complexity index is 1200. The third-order valence-corrected chi connectivity index (χ3v) is 8.21. The third-order valence-electron chi connectivity index (χ3n) is 8.21. The molecule has 3 aliphatic rings. The van der Waals surface area contributed by atoms with Gasteiger partial charge in [-0.05, 0) is 37.1 Å². The van der Waals surface area contributed by atoms with Crippen LogP contribution in [0.1, 0.15) is 53.7 Å². The fourth-order valence-electron chi connectivity index (χ4n) is 5.91. The van der Waals surface area contributed by atoms with Crippen LogP contribution in [0.25, 0.3) is 0 Å². The zero-order chi connectivity index (χ0) is 27.9. The van der Waals surface area contributed by atoms with Gasteiger partial charge >= 0.3 is 6.18 Å². The van der Waals surface area contributed by atoms with Gasteiger partial charge in [0.05, 0.1) is 23.3 Å². The number of piperazine rings is 2. The molecular formula is C27H34F4N6O2. The standard InChI is InChI=1S/C27H34F4N6O2/c1-17-13-22(38)24-23(17)25(33-16-32-24)36-9-11-37(12-10-36)26(39)19(15-35-7-5-34(2)6-8-35)18-3-4-20(21(28)14-18)27(29,30)31/h3-4,14,16-17,19,22,38H,5-13,15H2,1-2H3/t17-,19?,22-/m1/s1. The second-order valence-electron chi connectivity index (χ2n) is 10.9. The predicted molar refractivity (Wildman–Crippen MR) is 137 cm³/mol. The molecule has 39 heavy (non-hydrogen) atoms. The normalized spacial score (nSPS) is 23.7. The summed E-state index contributed by atoms with van der Waals surface area (Å²) < 4.78 is 54.1. The van der Waals surface area contributed by atoms with E-state index in [0.29, 0.717) is 44.8 Å². The van der Waals surface area contributed by atoms with Crippen molar-refractivity contribution in [1.29, 1.82) is 0 Å². The summed E-state index contributed by atoms with van der Waals surface area (Å²) in [6, 6.07) is 2.84. The molecule has 1 amide bonds. The minimum atomic E-state index is -4.80. The average Bonchev–Trinajstić information content (AvgIpc) is 3.20. The molecule has 2 fully saturated rings. The lowest BCUT2D eigenvalue weighted by molar-refractivity contribution is -0.140. The van der Waals surface area contributed by atoms with Gasteiger partial charge in [0.25, 0.3) is 0 Å². The Morgan fingerprint density at radius 1 is 1.08 bits per heavy atom. The number of amides is 1. The second-order valence-corrected chi connectivity index (χ2v) is 10.9. The fourth-order valence-corrected chi connectivity index (χ4v) is 5.91. The van der Waals surface area contributed by atoms with E-state index in [4.69, 9.17) is 0 Å². The fraction of sp³-hybridized carbons (Fsp3) is 0.593. The topological polar surface area (TPSA) is 76.0 Å². The molecule has 1 unspecified atom stereocenters. The zero-order valence-corrected chi connectivity index (χ0v) is 22.2. The van der Waals surface area contributed by atoms with Crippen LogP contribution in [0.5, 0.6) is 0 Å². The molecule has 0 saturated carbocycles. The van der Waals surface area contributed by atoms with E-state index in [1.165, 1.54) is 12.4 Å². The summed E-state index contributed by atoms with van der Waals surface area (Å²) in [5.74, 6) is -1.47. The summed E-state index contributed by atoms with van der Waals surface area (Å²) in [7, 11) is 2.01. The molecule has 2 aliphatic heterocycles. The molecule has 1 aromatic carbocycles. The van der Waals surface area contributed by atoms with Crippen LogP contribution < -0.4 is 4.90 Å². The minimum absolute atomic E-state index is 0.119. The number of alkyl halides is 3. The third kappa shape index (κ3) is 5.73. The van der Waals surface area contributed by atoms with Crippen LogP contribution in [0.2, 0.25) is 0 Å². The molecule has 12 heteroatoms. The predicted octanol–water partition coefficient (Wildman–Crippen LogP) is 2.85. The highest BCUT2D eigenvalue weighted by molar-refractivity contribution is 5.84. The van der Waals surface area contributed by atoms with E-state index < -0.39 is 29.6 Å². The molecule has 2 saturated heterocycles. The number of nitrogens with zero attached hydrogens (tertiary/aromatic N) is 6. The summed E-state index contributed by atoms with van der Waals surface area (Å²) in [4.78, 5) is 30.7. The van der Waals surface area contributed by atoms with Gasteiger partial charge in [-0.15, -0.1) is 0 Å². The Balaban J connectivity index is 1.34. The number of carbonyl (C=O) groups is 1. The quantitative estimate of drug-likeness (QED) is 0.574. The lowest BCUT2D eigenvalue weighted by Gasteiger charge is -2.39. The lowest BCUT2D eigenvalue weighted by Crippen LogP contribution is -2.52. The number of carbonyl (C=O) groups excluding carboxylic acids is 1. The molecule has 5 rings (SSSR count). The first kappa shape index (κ1) is 27.7. The van der Waals surface area contributed by atoms with Crippen LogP contribution >= 0.6 is 0 Å². The zero-order valence-electron chi connectivity index (χ0n) is 22.2. The highest BCUT2D eigenvalue weighted by Crippen LogP contribution is 2.43. The molecule has 0 spiro atoms. The second kappa shape index (κ2) is 11.0. The maximum Gasteiger partial charge on any atom is 0.419 e. The first-order valence-electron chi connectivity index (χ1n) is 13.4. The van der Waals surface area contributed by atoms with Gasteiger partial charge in [0.2, 0.25) is 5.91 Å². The van der Waals surface area contributed by atoms with Crippen molar-refractivity contribution in [3.63, 3.8) is 0 Å². The van der Waals surface area contributed by atoms with Crippen LogP contribution in [0.15, 0.2) is 24.5 Å². The van der Waals surface area contributed by atoms with Gasteiger partial charge in [-0.25, -0.2) is 14.4 Å². The van der Waals surface area contributed by atoms with Crippen molar-refractivity contribution in [3.8, 4) is 0 Å². The summed E-state index contributed by atoms with van der Waals surface area (Å²) >= 11 is 0. The van der Waals surface area contributed by atoms with E-state index in [2.05, 4.69) is 24.7 Å². The first-order valence-corrected chi connectivity index (χ1v) is 13.4. The molecule has 212 valence electrons. The van der Waals surface area contributed by atoms with Crippen molar-refractivity contribution >= 4 is 11.7 Å². The number of aliphatic hydroxyl groups is 1. The molecule has 3 heterocycles. The van der Waals surface area contributed by atoms with Gasteiger partial charge < -0.3 is 19.8 Å². The molecule has 0 radical (unpaired) electrons. The number of anilines is 1. The van der Waals surface area contributed by atoms with E-state index in [-0.39, 0.29) is 17.4 Å². The van der Waals surface area contributed by atoms with Crippen LogP contribution in [-0.2, 0) is 11.0 Å². The van der Waals surface area contributed by atoms with Crippen molar-refractivity contribution in [2.75, 3.05) is 70.9 Å². The highest BCUT2D eigenvalue weighted by Gasteiger charge is 2.37. The number of likely N-dealkylation sites (N-methyl/N-ethyl adjacent to an activating group) is 1. The van der Waals surface area contributed by atoms with Crippen molar-refractivity contribution < 1.29 is 27.5 Å². The van der Waals surface area contributed by atoms with Crippen LogP contribution in [0.3, 0.4) is 0 Å². The number of fused-ring (bicyclic) bond motifs is 1. The van der Waals surface area contributed by atoms with E-state index in [9.17, 15) is 27.5 Å². The summed E-state index contributed by atoms with van der Waals surface area (Å²) in [6.45, 7) is 7.25. The molecule has 2 aromatic rings. The van der Waals surface area contributed by atoms with E-state index >= 15 is 0 Å². The van der Waals surface area contributed by atoms with E-state index in [0.717, 1.165) is 49.7 Å². The Hall–Kier alpha value is -2.83. The molecule has 0 bridgehead atoms. The number of rotatable bonds is 5. The van der Waals surface area contributed by atoms with Crippen molar-refractivity contribution in [3.05, 3.63) is 52.7 Å². The van der Waals surface area contributed by atoms with E-state index in [1.54, 1.807) is 4.90 Å². The number of aromatic nitrogens is 2. The number of aliphatic hydroxyl groups excluding tert-OH is 1. The Morgan fingerprint density at radius 2 is 1.77 bits per heavy atom. The number of halogens is 4. The number of hydrogen-bond donors (Lipinski definition) is 1. The molecule has 1 N–H and O–H groups in total. The first-order chi connectivity index (χ1) is 18.5.